The zero-order valence-electron chi connectivity index (χ0n) is 14.1. The molecule has 1 aromatic carbocycles. The summed E-state index contributed by atoms with van der Waals surface area (Å²) < 4.78 is 0. The predicted molar refractivity (Wildman–Crippen MR) is 103 cm³/mol. The van der Waals surface area contributed by atoms with Crippen LogP contribution in [0, 0.1) is 0 Å². The average molecular weight is 374 g/mol. The molecule has 0 saturated carbocycles. The molecular formula is C18H29Cl2N3O. The average Bonchev–Trinajstić information content (AvgIpc) is 2.57. The molecule has 136 valence electrons. The van der Waals surface area contributed by atoms with Crippen molar-refractivity contribution in [2.45, 2.75) is 50.7 Å². The molecule has 2 heterocycles. The van der Waals surface area contributed by atoms with Gasteiger partial charge in [-0.1, -0.05) is 36.8 Å². The Morgan fingerprint density at radius 3 is 2.62 bits per heavy atom. The third-order valence-corrected chi connectivity index (χ3v) is 4.79. The summed E-state index contributed by atoms with van der Waals surface area (Å²) in [6.07, 6.45) is 5.60. The lowest BCUT2D eigenvalue weighted by atomic mass is 9.99. The van der Waals surface area contributed by atoms with Gasteiger partial charge in [0.05, 0.1) is 6.04 Å². The maximum atomic E-state index is 12.7. The van der Waals surface area contributed by atoms with Crippen molar-refractivity contribution in [2.24, 2.45) is 0 Å². The summed E-state index contributed by atoms with van der Waals surface area (Å²) >= 11 is 0. The zero-order chi connectivity index (χ0) is 15.2. The van der Waals surface area contributed by atoms with Gasteiger partial charge in [0.25, 0.3) is 0 Å². The Labute approximate surface area is 157 Å². The molecule has 24 heavy (non-hydrogen) atoms. The lowest BCUT2D eigenvalue weighted by Gasteiger charge is -2.36. The van der Waals surface area contributed by atoms with Crippen molar-refractivity contribution in [3.63, 3.8) is 0 Å². The molecule has 1 amide bonds. The number of nitrogens with zero attached hydrogens (tertiary/aromatic N) is 1. The molecule has 3 rings (SSSR count). The molecule has 2 fully saturated rings. The molecule has 1 aromatic rings. The Kier molecular flexibility index (Phi) is 9.67. The number of carbonyl (C=O) groups excluding carboxylic acids is 1. The summed E-state index contributed by atoms with van der Waals surface area (Å²) in [5.41, 5.74) is 1.29. The van der Waals surface area contributed by atoms with Crippen LogP contribution in [0.3, 0.4) is 0 Å². The van der Waals surface area contributed by atoms with E-state index in [1.165, 1.54) is 12.0 Å². The number of hydrogen-bond donors (Lipinski definition) is 2. The normalized spacial score (nSPS) is 24.3. The van der Waals surface area contributed by atoms with Crippen molar-refractivity contribution in [3.05, 3.63) is 35.9 Å². The molecule has 2 N–H and O–H groups in total. The quantitative estimate of drug-likeness (QED) is 0.852. The van der Waals surface area contributed by atoms with Gasteiger partial charge in [-0.2, -0.15) is 0 Å². The van der Waals surface area contributed by atoms with Gasteiger partial charge in [0.2, 0.25) is 5.91 Å². The van der Waals surface area contributed by atoms with Gasteiger partial charge in [-0.3, -0.25) is 9.69 Å². The van der Waals surface area contributed by atoms with Crippen molar-refractivity contribution in [3.8, 4) is 0 Å². The number of amides is 1. The molecule has 2 saturated heterocycles. The Balaban J connectivity index is 0.00000144. The van der Waals surface area contributed by atoms with Gasteiger partial charge in [-0.15, -0.1) is 24.8 Å². The Morgan fingerprint density at radius 2 is 1.92 bits per heavy atom. The van der Waals surface area contributed by atoms with Crippen LogP contribution in [0.4, 0.5) is 0 Å². The molecular weight excluding hydrogens is 345 g/mol. The van der Waals surface area contributed by atoms with Crippen LogP contribution in [0.25, 0.3) is 0 Å². The Bertz CT molecular complexity index is 480. The Hall–Kier alpha value is -0.810. The van der Waals surface area contributed by atoms with Gasteiger partial charge in [-0.25, -0.2) is 0 Å². The lowest BCUT2D eigenvalue weighted by molar-refractivity contribution is -0.128. The maximum absolute atomic E-state index is 12.7. The summed E-state index contributed by atoms with van der Waals surface area (Å²) in [6.45, 7) is 3.89. The van der Waals surface area contributed by atoms with Crippen LogP contribution >= 0.6 is 24.8 Å². The highest BCUT2D eigenvalue weighted by Crippen LogP contribution is 2.20. The van der Waals surface area contributed by atoms with Crippen molar-refractivity contribution in [2.75, 3.05) is 19.6 Å². The summed E-state index contributed by atoms with van der Waals surface area (Å²) in [6, 6.07) is 10.8. The van der Waals surface area contributed by atoms with Gasteiger partial charge >= 0.3 is 0 Å². The number of carbonyl (C=O) groups is 1. The molecule has 0 aliphatic carbocycles. The minimum absolute atomic E-state index is 0. The van der Waals surface area contributed by atoms with Crippen LogP contribution in [0.2, 0.25) is 0 Å². The van der Waals surface area contributed by atoms with E-state index in [1.807, 2.05) is 6.07 Å². The van der Waals surface area contributed by atoms with E-state index in [0.29, 0.717) is 6.04 Å². The van der Waals surface area contributed by atoms with Gasteiger partial charge < -0.3 is 10.6 Å². The number of hydrogen-bond acceptors (Lipinski definition) is 3. The van der Waals surface area contributed by atoms with Crippen LogP contribution in [0.15, 0.2) is 30.3 Å². The standard InChI is InChI=1S/C18H27N3O.2ClH/c22-18(20-16-9-6-11-19-13-16)17-10-4-5-12-21(17)14-15-7-2-1-3-8-15;;/h1-3,7-8,16-17,19H,4-6,9-14H2,(H,20,22);2*1H/t16-,17?;;/m0../s1. The number of rotatable bonds is 4. The van der Waals surface area contributed by atoms with E-state index in [9.17, 15) is 4.79 Å². The SMILES string of the molecule is Cl.Cl.O=C(N[C@H]1CCCNC1)C1CCCCN1Cc1ccccc1. The number of nitrogens with one attached hydrogen (secondary N) is 2. The zero-order valence-corrected chi connectivity index (χ0v) is 15.7. The largest absolute Gasteiger partial charge is 0.351 e. The van der Waals surface area contributed by atoms with Crippen LogP contribution in [-0.4, -0.2) is 42.5 Å². The number of halogens is 2. The number of piperidine rings is 2. The molecule has 0 aromatic heterocycles. The van der Waals surface area contributed by atoms with E-state index in [-0.39, 0.29) is 36.8 Å². The smallest absolute Gasteiger partial charge is 0.237 e. The second kappa shape index (κ2) is 10.9. The van der Waals surface area contributed by atoms with Gasteiger partial charge in [0.15, 0.2) is 0 Å². The first-order valence-electron chi connectivity index (χ1n) is 8.62. The van der Waals surface area contributed by atoms with Crippen LogP contribution < -0.4 is 10.6 Å². The van der Waals surface area contributed by atoms with E-state index in [2.05, 4.69) is 39.8 Å². The topological polar surface area (TPSA) is 44.4 Å². The predicted octanol–water partition coefficient (Wildman–Crippen LogP) is 2.75. The molecule has 4 nitrogen and oxygen atoms in total. The summed E-state index contributed by atoms with van der Waals surface area (Å²) in [4.78, 5) is 15.0. The molecule has 2 atom stereocenters. The fourth-order valence-corrected chi connectivity index (χ4v) is 3.57. The minimum atomic E-state index is 0. The molecule has 2 aliphatic heterocycles. The van der Waals surface area contributed by atoms with Crippen LogP contribution in [-0.2, 0) is 11.3 Å². The second-order valence-electron chi connectivity index (χ2n) is 6.52. The third kappa shape index (κ3) is 5.92. The first-order valence-corrected chi connectivity index (χ1v) is 8.62. The fraction of sp³-hybridized carbons (Fsp3) is 0.611. The summed E-state index contributed by atoms with van der Waals surface area (Å²) in [5, 5.41) is 6.63. The van der Waals surface area contributed by atoms with Crippen molar-refractivity contribution in [1.29, 1.82) is 0 Å². The van der Waals surface area contributed by atoms with Gasteiger partial charge in [0.1, 0.15) is 0 Å². The van der Waals surface area contributed by atoms with E-state index < -0.39 is 0 Å². The van der Waals surface area contributed by atoms with E-state index in [0.717, 1.165) is 51.9 Å². The molecule has 0 bridgehead atoms. The first kappa shape index (κ1) is 21.2. The summed E-state index contributed by atoms with van der Waals surface area (Å²) in [5.74, 6) is 0.226. The lowest BCUT2D eigenvalue weighted by Crippen LogP contribution is -2.54. The number of likely N-dealkylation sites (tertiary alicyclic amines) is 1. The van der Waals surface area contributed by atoms with Gasteiger partial charge in [0, 0.05) is 19.1 Å². The van der Waals surface area contributed by atoms with Crippen LogP contribution in [0.1, 0.15) is 37.7 Å². The third-order valence-electron chi connectivity index (χ3n) is 4.79. The highest BCUT2D eigenvalue weighted by Gasteiger charge is 2.30. The summed E-state index contributed by atoms with van der Waals surface area (Å²) in [7, 11) is 0. The number of benzene rings is 1. The van der Waals surface area contributed by atoms with E-state index in [1.54, 1.807) is 0 Å². The van der Waals surface area contributed by atoms with Gasteiger partial charge in [-0.05, 0) is 44.3 Å². The molecule has 2 aliphatic rings. The Morgan fingerprint density at radius 1 is 1.12 bits per heavy atom. The van der Waals surface area contributed by atoms with Crippen LogP contribution in [0.5, 0.6) is 0 Å². The fourth-order valence-electron chi connectivity index (χ4n) is 3.57. The highest BCUT2D eigenvalue weighted by molar-refractivity contribution is 5.85. The van der Waals surface area contributed by atoms with E-state index in [4.69, 9.17) is 0 Å². The second-order valence-corrected chi connectivity index (χ2v) is 6.52. The van der Waals surface area contributed by atoms with Crippen molar-refractivity contribution >= 4 is 30.7 Å². The molecule has 6 heteroatoms. The maximum Gasteiger partial charge on any atom is 0.237 e. The monoisotopic (exact) mass is 373 g/mol. The molecule has 0 radical (unpaired) electrons. The molecule has 1 unspecified atom stereocenters. The van der Waals surface area contributed by atoms with E-state index >= 15 is 0 Å². The highest BCUT2D eigenvalue weighted by atomic mass is 35.5. The van der Waals surface area contributed by atoms with Crippen molar-refractivity contribution < 1.29 is 4.79 Å². The van der Waals surface area contributed by atoms with Crippen molar-refractivity contribution in [1.82, 2.24) is 15.5 Å². The molecule has 0 spiro atoms. The first-order chi connectivity index (χ1) is 10.8. The minimum Gasteiger partial charge on any atom is -0.351 e.